The predicted molar refractivity (Wildman–Crippen MR) is 50.8 cm³/mol. The first-order valence-corrected chi connectivity index (χ1v) is 4.57. The number of rotatable bonds is 8. The minimum absolute atomic E-state index is 0.0675. The average Bonchev–Trinajstić information content (AvgIpc) is 2.16. The molecule has 0 aliphatic carbocycles. The Balaban J connectivity index is 3.79. The molecular weight excluding hydrogens is 188 g/mol. The van der Waals surface area contributed by atoms with Crippen molar-refractivity contribution in [3.8, 4) is 0 Å². The molecule has 0 aliphatic rings. The maximum atomic E-state index is 10.7. The first kappa shape index (κ1) is 13.3. The summed E-state index contributed by atoms with van der Waals surface area (Å²) >= 11 is 0. The number of aliphatic carboxylic acids is 1. The molecule has 6 heteroatoms. The van der Waals surface area contributed by atoms with Crippen LogP contribution in [0.25, 0.3) is 0 Å². The fraction of sp³-hybridized carbons (Fsp3) is 0.875. The Morgan fingerprint density at radius 3 is 2.57 bits per heavy atom. The van der Waals surface area contributed by atoms with Crippen molar-refractivity contribution in [2.75, 3.05) is 19.7 Å². The fourth-order valence-electron chi connectivity index (χ4n) is 0.978. The van der Waals surface area contributed by atoms with Crippen LogP contribution in [0.5, 0.6) is 0 Å². The Bertz CT molecular complexity index is 165. The van der Waals surface area contributed by atoms with E-state index in [1.807, 2.05) is 0 Å². The number of nitrogens with two attached hydrogens (primary N) is 1. The number of hydrogen-bond acceptors (Lipinski definition) is 5. The molecule has 0 aromatic carbocycles. The maximum absolute atomic E-state index is 10.7. The molecule has 0 aromatic heterocycles. The standard InChI is InChI=1S/C8H18N2O4/c9-3-1-2-7(8(13)14)10-4-6(12)5-11/h6-7,10-12H,1-5,9H2,(H,13,14). The van der Waals surface area contributed by atoms with E-state index < -0.39 is 18.1 Å². The van der Waals surface area contributed by atoms with Gasteiger partial charge in [-0.2, -0.15) is 0 Å². The molecule has 0 spiro atoms. The Morgan fingerprint density at radius 1 is 1.50 bits per heavy atom. The van der Waals surface area contributed by atoms with Gasteiger partial charge in [-0.1, -0.05) is 0 Å². The zero-order valence-electron chi connectivity index (χ0n) is 8.02. The smallest absolute Gasteiger partial charge is 0.320 e. The van der Waals surface area contributed by atoms with Gasteiger partial charge < -0.3 is 26.4 Å². The second-order valence-corrected chi connectivity index (χ2v) is 3.07. The molecule has 0 rings (SSSR count). The third kappa shape index (κ3) is 5.87. The molecule has 0 heterocycles. The highest BCUT2D eigenvalue weighted by Crippen LogP contribution is 1.96. The number of aliphatic hydroxyl groups is 2. The number of nitrogens with one attached hydrogen (secondary N) is 1. The zero-order valence-corrected chi connectivity index (χ0v) is 8.02. The highest BCUT2D eigenvalue weighted by Gasteiger charge is 2.16. The van der Waals surface area contributed by atoms with E-state index >= 15 is 0 Å². The van der Waals surface area contributed by atoms with Gasteiger partial charge in [-0.05, 0) is 19.4 Å². The molecule has 0 saturated heterocycles. The number of aliphatic hydroxyl groups excluding tert-OH is 2. The van der Waals surface area contributed by atoms with Crippen molar-refractivity contribution in [3.63, 3.8) is 0 Å². The molecule has 0 aliphatic heterocycles. The number of carboxylic acid groups (broad SMARTS) is 1. The Hall–Kier alpha value is -0.690. The Labute approximate surface area is 82.7 Å². The summed E-state index contributed by atoms with van der Waals surface area (Å²) < 4.78 is 0. The van der Waals surface area contributed by atoms with E-state index in [1.54, 1.807) is 0 Å². The van der Waals surface area contributed by atoms with Crippen LogP contribution in [0.2, 0.25) is 0 Å². The minimum atomic E-state index is -0.969. The highest BCUT2D eigenvalue weighted by molar-refractivity contribution is 5.73. The molecule has 6 nitrogen and oxygen atoms in total. The summed E-state index contributed by atoms with van der Waals surface area (Å²) in [4.78, 5) is 10.7. The first-order chi connectivity index (χ1) is 6.61. The molecule has 14 heavy (non-hydrogen) atoms. The molecule has 2 atom stereocenters. The van der Waals surface area contributed by atoms with Gasteiger partial charge in [-0.25, -0.2) is 0 Å². The van der Waals surface area contributed by atoms with Crippen LogP contribution in [0.15, 0.2) is 0 Å². The zero-order chi connectivity index (χ0) is 11.0. The van der Waals surface area contributed by atoms with Crippen LogP contribution in [-0.4, -0.2) is 53.1 Å². The van der Waals surface area contributed by atoms with Gasteiger partial charge in [0.05, 0.1) is 12.7 Å². The molecule has 6 N–H and O–H groups in total. The summed E-state index contributed by atoms with van der Waals surface area (Å²) in [5.74, 6) is -0.969. The van der Waals surface area contributed by atoms with Gasteiger partial charge in [0.15, 0.2) is 0 Å². The van der Waals surface area contributed by atoms with E-state index in [4.69, 9.17) is 21.1 Å². The quantitative estimate of drug-likeness (QED) is 0.317. The molecule has 0 fully saturated rings. The maximum Gasteiger partial charge on any atom is 0.320 e. The summed E-state index contributed by atoms with van der Waals surface area (Å²) in [6.45, 7) is 0.127. The molecule has 2 unspecified atom stereocenters. The molecule has 0 amide bonds. The summed E-state index contributed by atoms with van der Waals surface area (Å²) in [5, 5.41) is 28.9. The van der Waals surface area contributed by atoms with Gasteiger partial charge in [-0.15, -0.1) is 0 Å². The van der Waals surface area contributed by atoms with Gasteiger partial charge >= 0.3 is 5.97 Å². The average molecular weight is 206 g/mol. The van der Waals surface area contributed by atoms with Crippen molar-refractivity contribution in [1.29, 1.82) is 0 Å². The highest BCUT2D eigenvalue weighted by atomic mass is 16.4. The van der Waals surface area contributed by atoms with E-state index in [0.717, 1.165) is 0 Å². The van der Waals surface area contributed by atoms with Crippen LogP contribution < -0.4 is 11.1 Å². The molecule has 0 aromatic rings. The van der Waals surface area contributed by atoms with Gasteiger partial charge in [0, 0.05) is 6.54 Å². The van der Waals surface area contributed by atoms with Crippen LogP contribution in [-0.2, 0) is 4.79 Å². The van der Waals surface area contributed by atoms with Crippen molar-refractivity contribution in [1.82, 2.24) is 5.32 Å². The largest absolute Gasteiger partial charge is 0.480 e. The molecule has 84 valence electrons. The van der Waals surface area contributed by atoms with Crippen molar-refractivity contribution >= 4 is 5.97 Å². The Kier molecular flexibility index (Phi) is 7.31. The van der Waals surface area contributed by atoms with Gasteiger partial charge in [0.1, 0.15) is 6.04 Å². The van der Waals surface area contributed by atoms with E-state index in [9.17, 15) is 4.79 Å². The van der Waals surface area contributed by atoms with Crippen LogP contribution in [0, 0.1) is 0 Å². The van der Waals surface area contributed by atoms with E-state index in [-0.39, 0.29) is 13.2 Å². The van der Waals surface area contributed by atoms with E-state index in [0.29, 0.717) is 19.4 Å². The van der Waals surface area contributed by atoms with Crippen molar-refractivity contribution in [2.24, 2.45) is 5.73 Å². The van der Waals surface area contributed by atoms with Gasteiger partial charge in [-0.3, -0.25) is 4.79 Å². The fourth-order valence-corrected chi connectivity index (χ4v) is 0.978. The number of hydrogen-bond donors (Lipinski definition) is 5. The van der Waals surface area contributed by atoms with Crippen molar-refractivity contribution in [3.05, 3.63) is 0 Å². The number of carbonyl (C=O) groups is 1. The van der Waals surface area contributed by atoms with E-state index in [1.165, 1.54) is 0 Å². The lowest BCUT2D eigenvalue weighted by Crippen LogP contribution is -2.42. The molecule has 0 bridgehead atoms. The van der Waals surface area contributed by atoms with Gasteiger partial charge in [0.2, 0.25) is 0 Å². The summed E-state index contributed by atoms with van der Waals surface area (Å²) in [6, 6.07) is -0.709. The topological polar surface area (TPSA) is 116 Å². The van der Waals surface area contributed by atoms with E-state index in [2.05, 4.69) is 5.32 Å². The second kappa shape index (κ2) is 7.69. The lowest BCUT2D eigenvalue weighted by Gasteiger charge is -2.15. The third-order valence-corrected chi connectivity index (χ3v) is 1.81. The SMILES string of the molecule is NCCCC(NCC(O)CO)C(=O)O. The lowest BCUT2D eigenvalue weighted by molar-refractivity contribution is -0.139. The predicted octanol–water partition coefficient (Wildman–Crippen LogP) is -1.88. The lowest BCUT2D eigenvalue weighted by atomic mass is 10.1. The first-order valence-electron chi connectivity index (χ1n) is 4.57. The third-order valence-electron chi connectivity index (χ3n) is 1.81. The normalized spacial score (nSPS) is 15.1. The van der Waals surface area contributed by atoms with Crippen molar-refractivity contribution < 1.29 is 20.1 Å². The van der Waals surface area contributed by atoms with Crippen molar-refractivity contribution in [2.45, 2.75) is 25.0 Å². The second-order valence-electron chi connectivity index (χ2n) is 3.07. The summed E-state index contributed by atoms with van der Waals surface area (Å²) in [6.07, 6.45) is 0.109. The molecular formula is C8H18N2O4. The molecule has 0 saturated carbocycles. The summed E-state index contributed by atoms with van der Waals surface area (Å²) in [5.41, 5.74) is 5.25. The van der Waals surface area contributed by atoms with Crippen LogP contribution >= 0.6 is 0 Å². The van der Waals surface area contributed by atoms with Crippen LogP contribution in [0.1, 0.15) is 12.8 Å². The van der Waals surface area contributed by atoms with Gasteiger partial charge in [0.25, 0.3) is 0 Å². The number of carboxylic acids is 1. The summed E-state index contributed by atoms with van der Waals surface area (Å²) in [7, 11) is 0. The minimum Gasteiger partial charge on any atom is -0.480 e. The Morgan fingerprint density at radius 2 is 2.14 bits per heavy atom. The van der Waals surface area contributed by atoms with Crippen LogP contribution in [0.4, 0.5) is 0 Å². The molecule has 0 radical (unpaired) electrons. The van der Waals surface area contributed by atoms with Crippen LogP contribution in [0.3, 0.4) is 0 Å². The monoisotopic (exact) mass is 206 g/mol.